The number of benzene rings is 4. The maximum absolute atomic E-state index is 13.1. The van der Waals surface area contributed by atoms with E-state index in [2.05, 4.69) is 45.2 Å². The van der Waals surface area contributed by atoms with Crippen molar-refractivity contribution in [1.82, 2.24) is 19.8 Å². The van der Waals surface area contributed by atoms with E-state index in [0.29, 0.717) is 43.5 Å². The highest BCUT2D eigenvalue weighted by molar-refractivity contribution is 5.92. The van der Waals surface area contributed by atoms with Gasteiger partial charge in [0.05, 0.1) is 30.0 Å². The van der Waals surface area contributed by atoms with E-state index in [0.717, 1.165) is 70.7 Å². The largest absolute Gasteiger partial charge is 0.493 e. The van der Waals surface area contributed by atoms with Crippen LogP contribution in [0, 0.1) is 25.2 Å². The molecule has 0 aliphatic carbocycles. The Morgan fingerprint density at radius 2 is 1.52 bits per heavy atom. The van der Waals surface area contributed by atoms with Crippen LogP contribution in [0.3, 0.4) is 0 Å². The first kappa shape index (κ1) is 39.5. The van der Waals surface area contributed by atoms with Gasteiger partial charge in [0.15, 0.2) is 0 Å². The number of ether oxygens (including phenoxy) is 3. The molecule has 10 heteroatoms. The highest BCUT2D eigenvalue weighted by atomic mass is 35.5. The lowest BCUT2D eigenvalue weighted by Crippen LogP contribution is -2.47. The molecule has 3 heterocycles. The topological polar surface area (TPSA) is 101 Å². The summed E-state index contributed by atoms with van der Waals surface area (Å²) in [5, 5.41) is 10.0. The second kappa shape index (κ2) is 18.9. The van der Waals surface area contributed by atoms with Crippen LogP contribution >= 0.6 is 12.4 Å². The van der Waals surface area contributed by atoms with Crippen molar-refractivity contribution in [3.63, 3.8) is 0 Å². The number of pyridine rings is 2. The molecule has 0 radical (unpaired) electrons. The fourth-order valence-corrected chi connectivity index (χ4v) is 6.60. The van der Waals surface area contributed by atoms with Crippen LogP contribution in [0.2, 0.25) is 0 Å². The van der Waals surface area contributed by atoms with Crippen LogP contribution in [0.1, 0.15) is 38.9 Å². The van der Waals surface area contributed by atoms with Gasteiger partial charge >= 0.3 is 0 Å². The lowest BCUT2D eigenvalue weighted by atomic mass is 10.1. The van der Waals surface area contributed by atoms with E-state index in [9.17, 15) is 4.79 Å². The van der Waals surface area contributed by atoms with Gasteiger partial charge in [0.2, 0.25) is 11.8 Å². The molecule has 1 aliphatic rings. The van der Waals surface area contributed by atoms with E-state index in [1.54, 1.807) is 36.7 Å². The van der Waals surface area contributed by atoms with Gasteiger partial charge in [-0.05, 0) is 108 Å². The number of aryl methyl sites for hydroxylation is 2. The first-order valence-corrected chi connectivity index (χ1v) is 18.5. The van der Waals surface area contributed by atoms with E-state index in [1.807, 2.05) is 85.5 Å². The average molecular weight is 766 g/mol. The molecular formula is C46H44ClN5O4. The molecule has 1 fully saturated rings. The van der Waals surface area contributed by atoms with E-state index in [1.165, 1.54) is 11.1 Å². The van der Waals surface area contributed by atoms with Gasteiger partial charge in [-0.15, -0.1) is 12.4 Å². The third-order valence-electron chi connectivity index (χ3n) is 9.65. The van der Waals surface area contributed by atoms with E-state index in [-0.39, 0.29) is 18.3 Å². The third-order valence-corrected chi connectivity index (χ3v) is 9.65. The molecule has 0 unspecified atom stereocenters. The number of carbonyl (C=O) groups excluding carboxylic acids is 1. The molecule has 0 spiro atoms. The van der Waals surface area contributed by atoms with Crippen molar-refractivity contribution in [2.75, 3.05) is 32.8 Å². The predicted molar refractivity (Wildman–Crippen MR) is 221 cm³/mol. The molecule has 0 bridgehead atoms. The number of rotatable bonds is 13. The van der Waals surface area contributed by atoms with Crippen LogP contribution in [0.15, 0.2) is 122 Å². The second-order valence-electron chi connectivity index (χ2n) is 13.7. The zero-order valence-corrected chi connectivity index (χ0v) is 32.4. The Bertz CT molecular complexity index is 2290. The molecule has 2 aromatic heterocycles. The van der Waals surface area contributed by atoms with Crippen LogP contribution < -0.4 is 14.2 Å². The number of halogens is 1. The number of nitriles is 1. The third kappa shape index (κ3) is 10.5. The quantitative estimate of drug-likeness (QED) is 0.108. The number of hydrogen-bond acceptors (Lipinski definition) is 8. The van der Waals surface area contributed by atoms with Crippen LogP contribution in [0.25, 0.3) is 17.0 Å². The van der Waals surface area contributed by atoms with E-state index < -0.39 is 0 Å². The van der Waals surface area contributed by atoms with Gasteiger partial charge in [0.25, 0.3) is 0 Å². The van der Waals surface area contributed by atoms with Gasteiger partial charge in [-0.2, -0.15) is 5.26 Å². The molecule has 56 heavy (non-hydrogen) atoms. The molecule has 6 aromatic rings. The smallest absolute Gasteiger partial charge is 0.246 e. The average Bonchev–Trinajstić information content (AvgIpc) is 3.22. The molecule has 1 aliphatic heterocycles. The number of nitrogens with zero attached hydrogens (tertiary/aromatic N) is 5. The summed E-state index contributed by atoms with van der Waals surface area (Å²) in [4.78, 5) is 26.2. The Morgan fingerprint density at radius 3 is 2.23 bits per heavy atom. The van der Waals surface area contributed by atoms with Gasteiger partial charge < -0.3 is 19.1 Å². The number of amides is 1. The highest BCUT2D eigenvalue weighted by Gasteiger charge is 2.20. The first-order valence-electron chi connectivity index (χ1n) is 18.5. The number of aromatic nitrogens is 2. The molecule has 0 atom stereocenters. The van der Waals surface area contributed by atoms with Crippen molar-refractivity contribution in [3.05, 3.63) is 161 Å². The summed E-state index contributed by atoms with van der Waals surface area (Å²) in [6, 6.07) is 35.8. The highest BCUT2D eigenvalue weighted by Crippen LogP contribution is 2.30. The molecule has 4 aromatic carbocycles. The predicted octanol–water partition coefficient (Wildman–Crippen LogP) is 8.89. The van der Waals surface area contributed by atoms with Crippen molar-refractivity contribution in [3.8, 4) is 29.2 Å². The zero-order chi connectivity index (χ0) is 38.0. The Labute approximate surface area is 334 Å². The van der Waals surface area contributed by atoms with E-state index >= 15 is 0 Å². The summed E-state index contributed by atoms with van der Waals surface area (Å²) in [6.45, 7) is 8.88. The lowest BCUT2D eigenvalue weighted by molar-refractivity contribution is -0.127. The second-order valence-corrected chi connectivity index (χ2v) is 13.7. The molecule has 1 amide bonds. The molecule has 7 rings (SSSR count). The SMILES string of the molecule is Cc1cc(C=CC(=O)N2CCN(Cc3ccc(CCOc4ccc5ncccc5c4)cc3)CC2)cc(C)c1Oc1ccc(OCc2ccc(C#N)cc2)cn1.Cl. The van der Waals surface area contributed by atoms with Crippen molar-refractivity contribution < 1.29 is 19.0 Å². The van der Waals surface area contributed by atoms with Gasteiger partial charge in [-0.3, -0.25) is 14.7 Å². The van der Waals surface area contributed by atoms with Crippen LogP contribution in [-0.4, -0.2) is 58.5 Å². The molecule has 284 valence electrons. The fraction of sp³-hybridized carbons (Fsp3) is 0.217. The van der Waals surface area contributed by atoms with Crippen molar-refractivity contribution in [2.24, 2.45) is 0 Å². The summed E-state index contributed by atoms with van der Waals surface area (Å²) in [7, 11) is 0. The zero-order valence-electron chi connectivity index (χ0n) is 31.6. The van der Waals surface area contributed by atoms with Crippen LogP contribution in [0.4, 0.5) is 0 Å². The fourth-order valence-electron chi connectivity index (χ4n) is 6.60. The number of hydrogen-bond donors (Lipinski definition) is 0. The minimum Gasteiger partial charge on any atom is -0.493 e. The number of piperazine rings is 1. The molecule has 0 saturated carbocycles. The Balaban J connectivity index is 0.00000532. The maximum atomic E-state index is 13.1. The molecule has 1 saturated heterocycles. The Morgan fingerprint density at radius 1 is 0.804 bits per heavy atom. The van der Waals surface area contributed by atoms with Gasteiger partial charge in [-0.25, -0.2) is 4.98 Å². The molecular weight excluding hydrogens is 722 g/mol. The van der Waals surface area contributed by atoms with Crippen LogP contribution in [0.5, 0.6) is 23.1 Å². The summed E-state index contributed by atoms with van der Waals surface area (Å²) < 4.78 is 18.0. The van der Waals surface area contributed by atoms with Crippen LogP contribution in [-0.2, 0) is 24.4 Å². The summed E-state index contributed by atoms with van der Waals surface area (Å²) in [5.41, 5.74) is 7.89. The Kier molecular flexibility index (Phi) is 13.3. The number of fused-ring (bicyclic) bond motifs is 1. The number of carbonyl (C=O) groups is 1. The summed E-state index contributed by atoms with van der Waals surface area (Å²) >= 11 is 0. The minimum absolute atomic E-state index is 0. The summed E-state index contributed by atoms with van der Waals surface area (Å²) in [5.74, 6) is 2.70. The van der Waals surface area contributed by atoms with Gasteiger partial charge in [0.1, 0.15) is 23.9 Å². The van der Waals surface area contributed by atoms with E-state index in [4.69, 9.17) is 19.5 Å². The van der Waals surface area contributed by atoms with Gasteiger partial charge in [0, 0.05) is 62.9 Å². The Hall–Kier alpha value is -6.21. The van der Waals surface area contributed by atoms with Crippen molar-refractivity contribution in [2.45, 2.75) is 33.4 Å². The maximum Gasteiger partial charge on any atom is 0.246 e. The van der Waals surface area contributed by atoms with Crippen molar-refractivity contribution >= 4 is 35.3 Å². The summed E-state index contributed by atoms with van der Waals surface area (Å²) in [6.07, 6.45) is 7.82. The molecule has 0 N–H and O–H groups in total. The first-order chi connectivity index (χ1) is 26.9. The minimum atomic E-state index is 0. The normalized spacial score (nSPS) is 12.9. The molecule has 9 nitrogen and oxygen atoms in total. The van der Waals surface area contributed by atoms with Crippen molar-refractivity contribution in [1.29, 1.82) is 5.26 Å². The van der Waals surface area contributed by atoms with Gasteiger partial charge in [-0.1, -0.05) is 42.5 Å². The monoisotopic (exact) mass is 765 g/mol. The lowest BCUT2D eigenvalue weighted by Gasteiger charge is -2.34. The standard InChI is InChI=1S/C46H43N5O4.ClH/c1-33-26-39(27-34(2)46(33)55-44-17-15-42(30-49-44)54-32-38-11-7-36(29-47)8-12-38)13-18-45(52)51-23-21-50(22-24-51)31-37-9-5-35(6-10-37)19-25-53-41-14-16-43-40(28-41)4-3-20-48-43;/h3-18,20,26-28,30H,19,21-25,31-32H2,1-2H3;1H.